The number of likely N-dealkylation sites (tertiary alicyclic amines) is 1. The molecule has 4 aromatic carbocycles. The molecule has 0 saturated carbocycles. The van der Waals surface area contributed by atoms with Crippen molar-refractivity contribution < 1.29 is 24.2 Å². The van der Waals surface area contributed by atoms with Crippen LogP contribution in [0, 0.1) is 0 Å². The zero-order valence-corrected chi connectivity index (χ0v) is 25.2. The van der Waals surface area contributed by atoms with Gasteiger partial charge in [0.25, 0.3) is 0 Å². The Morgan fingerprint density at radius 2 is 1.51 bits per heavy atom. The average Bonchev–Trinajstić information content (AvgIpc) is 3.54. The van der Waals surface area contributed by atoms with Gasteiger partial charge in [-0.1, -0.05) is 109 Å². The highest BCUT2D eigenvalue weighted by atomic mass is 16.5. The summed E-state index contributed by atoms with van der Waals surface area (Å²) in [5.74, 6) is -2.62. The predicted molar refractivity (Wildman–Crippen MR) is 174 cm³/mol. The van der Waals surface area contributed by atoms with Gasteiger partial charge in [-0.2, -0.15) is 0 Å². The first-order chi connectivity index (χ1) is 21.9. The number of carbonyl (C=O) groups is 3. The number of ether oxygens (including phenoxy) is 1. The quantitative estimate of drug-likeness (QED) is 0.154. The molecule has 0 aliphatic carbocycles. The molecular formula is C37H37N3O5. The van der Waals surface area contributed by atoms with Gasteiger partial charge in [-0.05, 0) is 36.6 Å². The van der Waals surface area contributed by atoms with Crippen molar-refractivity contribution >= 4 is 29.2 Å². The Morgan fingerprint density at radius 3 is 2.18 bits per heavy atom. The van der Waals surface area contributed by atoms with Gasteiger partial charge in [0.2, 0.25) is 5.91 Å². The van der Waals surface area contributed by atoms with Crippen molar-refractivity contribution in [3.05, 3.63) is 138 Å². The molecule has 8 heteroatoms. The number of hydrogen-bond donors (Lipinski definition) is 2. The zero-order chi connectivity index (χ0) is 31.6. The molecule has 230 valence electrons. The number of methoxy groups -OCH3 is 1. The van der Waals surface area contributed by atoms with Gasteiger partial charge in [-0.3, -0.25) is 19.5 Å². The Morgan fingerprint density at radius 1 is 0.889 bits per heavy atom. The lowest BCUT2D eigenvalue weighted by Gasteiger charge is -2.25. The van der Waals surface area contributed by atoms with Gasteiger partial charge in [0, 0.05) is 23.6 Å². The normalized spacial score (nSPS) is 16.5. The number of aliphatic carboxylic acids is 1. The lowest BCUT2D eigenvalue weighted by Crippen LogP contribution is -2.39. The fourth-order valence-electron chi connectivity index (χ4n) is 5.87. The number of benzene rings is 4. The van der Waals surface area contributed by atoms with E-state index < -0.39 is 23.9 Å². The van der Waals surface area contributed by atoms with Crippen LogP contribution in [-0.2, 0) is 25.7 Å². The van der Waals surface area contributed by atoms with E-state index in [9.17, 15) is 19.5 Å². The number of rotatable bonds is 12. The first-order valence-electron chi connectivity index (χ1n) is 15.1. The molecule has 5 rings (SSSR count). The number of nitrogens with zero attached hydrogens (tertiary/aromatic N) is 2. The Hall–Kier alpha value is -5.08. The van der Waals surface area contributed by atoms with E-state index in [0.29, 0.717) is 34.6 Å². The van der Waals surface area contributed by atoms with Crippen LogP contribution in [0.1, 0.15) is 47.4 Å². The standard InChI is InChI=1S/C37H37N3O5/c1-45-33(41)24-30(27-16-7-3-8-17-27)35(37(43)44)39-34(28-18-9-4-10-19-28)29-20-11-12-21-31(29)38-36(42)32-22-13-23-40(32)25-26-14-5-2-6-15-26/h2-12,14-21,30,32,35H,13,22-25H2,1H3,(H,38,42)(H,43,44)/t30?,32-,35-/m0/s1. The molecule has 1 aliphatic rings. The molecule has 1 aliphatic heterocycles. The van der Waals surface area contributed by atoms with Crippen molar-refractivity contribution in [1.29, 1.82) is 0 Å². The van der Waals surface area contributed by atoms with Crippen LogP contribution in [0.3, 0.4) is 0 Å². The lowest BCUT2D eigenvalue weighted by molar-refractivity contribution is -0.142. The van der Waals surface area contributed by atoms with Crippen LogP contribution in [0.5, 0.6) is 0 Å². The van der Waals surface area contributed by atoms with Crippen LogP contribution >= 0.6 is 0 Å². The molecule has 0 spiro atoms. The lowest BCUT2D eigenvalue weighted by atomic mass is 9.88. The largest absolute Gasteiger partial charge is 0.480 e. The number of carboxylic acids is 1. The minimum absolute atomic E-state index is 0.120. The van der Waals surface area contributed by atoms with Gasteiger partial charge < -0.3 is 15.2 Å². The summed E-state index contributed by atoms with van der Waals surface area (Å²) < 4.78 is 4.93. The fraction of sp³-hybridized carbons (Fsp3) is 0.243. The summed E-state index contributed by atoms with van der Waals surface area (Å²) >= 11 is 0. The number of esters is 1. The van der Waals surface area contributed by atoms with Crippen molar-refractivity contribution in [3.8, 4) is 0 Å². The molecule has 8 nitrogen and oxygen atoms in total. The number of aliphatic imine (C=N–C) groups is 1. The van der Waals surface area contributed by atoms with Crippen molar-refractivity contribution in [2.45, 2.75) is 43.8 Å². The van der Waals surface area contributed by atoms with Gasteiger partial charge in [0.15, 0.2) is 6.04 Å². The van der Waals surface area contributed by atoms with E-state index >= 15 is 0 Å². The minimum Gasteiger partial charge on any atom is -0.480 e. The van der Waals surface area contributed by atoms with Gasteiger partial charge in [0.1, 0.15) is 0 Å². The molecular weight excluding hydrogens is 566 g/mol. The highest BCUT2D eigenvalue weighted by molar-refractivity contribution is 6.17. The molecule has 0 aromatic heterocycles. The maximum atomic E-state index is 13.8. The highest BCUT2D eigenvalue weighted by Crippen LogP contribution is 2.30. The number of carbonyl (C=O) groups excluding carboxylic acids is 2. The molecule has 1 heterocycles. The van der Waals surface area contributed by atoms with Crippen LogP contribution in [0.25, 0.3) is 0 Å². The van der Waals surface area contributed by atoms with E-state index in [4.69, 9.17) is 9.73 Å². The van der Waals surface area contributed by atoms with Gasteiger partial charge in [0.05, 0.1) is 31.0 Å². The molecule has 0 radical (unpaired) electrons. The third kappa shape index (κ3) is 7.91. The zero-order valence-electron chi connectivity index (χ0n) is 25.2. The Balaban J connectivity index is 1.52. The molecule has 1 saturated heterocycles. The minimum atomic E-state index is -1.32. The second-order valence-corrected chi connectivity index (χ2v) is 11.1. The topological polar surface area (TPSA) is 108 Å². The number of para-hydroxylation sites is 1. The Labute approximate surface area is 263 Å². The van der Waals surface area contributed by atoms with Gasteiger partial charge in [-0.15, -0.1) is 0 Å². The molecule has 1 fully saturated rings. The van der Waals surface area contributed by atoms with E-state index in [-0.39, 0.29) is 18.4 Å². The maximum Gasteiger partial charge on any atom is 0.329 e. The average molecular weight is 604 g/mol. The predicted octanol–water partition coefficient (Wildman–Crippen LogP) is 5.93. The first kappa shape index (κ1) is 31.3. The Bertz CT molecular complexity index is 1630. The molecule has 0 bridgehead atoms. The van der Waals surface area contributed by atoms with E-state index in [1.165, 1.54) is 7.11 Å². The molecule has 1 unspecified atom stereocenters. The number of anilines is 1. The third-order valence-corrected chi connectivity index (χ3v) is 8.13. The highest BCUT2D eigenvalue weighted by Gasteiger charge is 2.34. The van der Waals surface area contributed by atoms with Crippen molar-refractivity contribution in [2.75, 3.05) is 19.0 Å². The first-order valence-corrected chi connectivity index (χ1v) is 15.1. The summed E-state index contributed by atoms with van der Waals surface area (Å²) in [6, 6.07) is 34.1. The van der Waals surface area contributed by atoms with E-state index in [1.54, 1.807) is 30.3 Å². The summed E-state index contributed by atoms with van der Waals surface area (Å²) in [4.78, 5) is 46.2. The molecule has 3 atom stereocenters. The summed E-state index contributed by atoms with van der Waals surface area (Å²) in [5.41, 5.74) is 4.01. The number of hydrogen-bond acceptors (Lipinski definition) is 6. The van der Waals surface area contributed by atoms with E-state index in [0.717, 1.165) is 24.9 Å². The molecule has 1 amide bonds. The van der Waals surface area contributed by atoms with Crippen LogP contribution < -0.4 is 5.32 Å². The van der Waals surface area contributed by atoms with Gasteiger partial charge in [-0.25, -0.2) is 4.79 Å². The van der Waals surface area contributed by atoms with Crippen LogP contribution in [-0.4, -0.2) is 59.3 Å². The van der Waals surface area contributed by atoms with Crippen molar-refractivity contribution in [3.63, 3.8) is 0 Å². The molecule has 2 N–H and O–H groups in total. The van der Waals surface area contributed by atoms with E-state index in [2.05, 4.69) is 22.3 Å². The SMILES string of the molecule is COC(=O)CC(c1ccccc1)[C@H](N=C(c1ccccc1)c1ccccc1NC(=O)[C@@H]1CCCN1Cc1ccccc1)C(=O)O. The summed E-state index contributed by atoms with van der Waals surface area (Å²) in [5, 5.41) is 13.6. The number of nitrogens with one attached hydrogen (secondary N) is 1. The van der Waals surface area contributed by atoms with Crippen LogP contribution in [0.4, 0.5) is 5.69 Å². The summed E-state index contributed by atoms with van der Waals surface area (Å²) in [6.45, 7) is 1.51. The summed E-state index contributed by atoms with van der Waals surface area (Å²) in [6.07, 6.45) is 1.50. The second-order valence-electron chi connectivity index (χ2n) is 11.1. The number of amides is 1. The fourth-order valence-corrected chi connectivity index (χ4v) is 5.87. The van der Waals surface area contributed by atoms with Crippen molar-refractivity contribution in [1.82, 2.24) is 4.90 Å². The maximum absolute atomic E-state index is 13.8. The molecule has 4 aromatic rings. The van der Waals surface area contributed by atoms with Crippen molar-refractivity contribution in [2.24, 2.45) is 4.99 Å². The second kappa shape index (κ2) is 15.1. The Kier molecular flexibility index (Phi) is 10.5. The third-order valence-electron chi connectivity index (χ3n) is 8.13. The summed E-state index contributed by atoms with van der Waals surface area (Å²) in [7, 11) is 1.28. The monoisotopic (exact) mass is 603 g/mol. The van der Waals surface area contributed by atoms with Crippen LogP contribution in [0.2, 0.25) is 0 Å². The molecule has 45 heavy (non-hydrogen) atoms. The van der Waals surface area contributed by atoms with Gasteiger partial charge >= 0.3 is 11.9 Å². The number of carboxylic acid groups (broad SMARTS) is 1. The smallest absolute Gasteiger partial charge is 0.329 e. The van der Waals surface area contributed by atoms with Crippen LogP contribution in [0.15, 0.2) is 120 Å². The van der Waals surface area contributed by atoms with E-state index in [1.807, 2.05) is 72.8 Å².